The van der Waals surface area contributed by atoms with Crippen molar-refractivity contribution in [2.45, 2.75) is 18.7 Å². The number of phenols is 1. The van der Waals surface area contributed by atoms with E-state index >= 15 is 0 Å². The fourth-order valence-corrected chi connectivity index (χ4v) is 4.47. The van der Waals surface area contributed by atoms with Gasteiger partial charge in [-0.1, -0.05) is 41.0 Å². The molecule has 0 amide bonds. The molecule has 0 fully saturated rings. The van der Waals surface area contributed by atoms with Gasteiger partial charge >= 0.3 is 0 Å². The number of aromatic hydroxyl groups is 1. The second-order valence-electron chi connectivity index (χ2n) is 5.37. The monoisotopic (exact) mass is 379 g/mol. The van der Waals surface area contributed by atoms with E-state index in [-0.39, 0.29) is 11.5 Å². The van der Waals surface area contributed by atoms with Crippen LogP contribution in [0.4, 0.5) is 5.69 Å². The standard InChI is InChI=1S/C18H15Cl2NO2S/c1-3-21-16(8-10(2)22)24-15-7-6-14(23)17(18(15)21)12-5-4-11(19)9-13(12)20/h4-9,23H,3H2,1-2H3/b16-8-. The molecule has 3 rings (SSSR count). The van der Waals surface area contributed by atoms with E-state index in [0.717, 1.165) is 15.6 Å². The molecule has 24 heavy (non-hydrogen) atoms. The first-order chi connectivity index (χ1) is 11.4. The number of carbonyl (C=O) groups excluding carboxylic acids is 1. The van der Waals surface area contributed by atoms with Crippen LogP contribution in [0, 0.1) is 0 Å². The van der Waals surface area contributed by atoms with Crippen LogP contribution in [0.2, 0.25) is 10.0 Å². The van der Waals surface area contributed by atoms with Crippen molar-refractivity contribution in [2.75, 3.05) is 11.4 Å². The number of carbonyl (C=O) groups is 1. The van der Waals surface area contributed by atoms with E-state index in [2.05, 4.69) is 0 Å². The van der Waals surface area contributed by atoms with Crippen LogP contribution in [0.15, 0.2) is 46.3 Å². The molecular weight excluding hydrogens is 365 g/mol. The molecule has 0 spiro atoms. The molecule has 124 valence electrons. The maximum Gasteiger partial charge on any atom is 0.155 e. The van der Waals surface area contributed by atoms with Crippen LogP contribution in [0.5, 0.6) is 5.75 Å². The highest BCUT2D eigenvalue weighted by Gasteiger charge is 2.30. The Bertz CT molecular complexity index is 864. The molecule has 0 atom stereocenters. The lowest BCUT2D eigenvalue weighted by molar-refractivity contribution is -0.112. The molecule has 0 unspecified atom stereocenters. The van der Waals surface area contributed by atoms with Crippen molar-refractivity contribution in [3.05, 3.63) is 51.5 Å². The number of thioether (sulfide) groups is 1. The third-order valence-electron chi connectivity index (χ3n) is 3.71. The predicted octanol–water partition coefficient (Wildman–Crippen LogP) is 5.73. The summed E-state index contributed by atoms with van der Waals surface area (Å²) in [4.78, 5) is 14.5. The molecule has 1 N–H and O–H groups in total. The molecule has 2 aromatic carbocycles. The molecule has 0 saturated heterocycles. The van der Waals surface area contributed by atoms with Gasteiger partial charge in [-0.25, -0.2) is 0 Å². The van der Waals surface area contributed by atoms with Gasteiger partial charge in [0.25, 0.3) is 0 Å². The zero-order valence-corrected chi connectivity index (χ0v) is 15.5. The van der Waals surface area contributed by atoms with Crippen molar-refractivity contribution in [1.82, 2.24) is 0 Å². The lowest BCUT2D eigenvalue weighted by Crippen LogP contribution is -2.18. The number of anilines is 1. The molecule has 1 aliphatic rings. The van der Waals surface area contributed by atoms with Gasteiger partial charge in [-0.3, -0.25) is 4.79 Å². The Labute approximate surface area is 154 Å². The minimum Gasteiger partial charge on any atom is -0.507 e. The van der Waals surface area contributed by atoms with Crippen molar-refractivity contribution in [2.24, 2.45) is 0 Å². The van der Waals surface area contributed by atoms with E-state index in [1.54, 1.807) is 30.3 Å². The van der Waals surface area contributed by atoms with Gasteiger partial charge in [0.1, 0.15) is 5.75 Å². The summed E-state index contributed by atoms with van der Waals surface area (Å²) in [5.41, 5.74) is 2.22. The Balaban J connectivity index is 2.25. The lowest BCUT2D eigenvalue weighted by Gasteiger charge is -2.22. The quantitative estimate of drug-likeness (QED) is 0.691. The molecule has 2 aromatic rings. The van der Waals surface area contributed by atoms with Gasteiger partial charge in [0.15, 0.2) is 5.78 Å². The van der Waals surface area contributed by atoms with Gasteiger partial charge < -0.3 is 10.0 Å². The van der Waals surface area contributed by atoms with Crippen LogP contribution in [0.25, 0.3) is 11.1 Å². The second-order valence-corrected chi connectivity index (χ2v) is 7.28. The average molecular weight is 380 g/mol. The van der Waals surface area contributed by atoms with E-state index in [1.165, 1.54) is 18.7 Å². The van der Waals surface area contributed by atoms with Crippen molar-refractivity contribution < 1.29 is 9.90 Å². The zero-order valence-electron chi connectivity index (χ0n) is 13.1. The highest BCUT2D eigenvalue weighted by Crippen LogP contribution is 2.54. The first-order valence-corrected chi connectivity index (χ1v) is 8.98. The van der Waals surface area contributed by atoms with Gasteiger partial charge in [0, 0.05) is 33.7 Å². The average Bonchev–Trinajstić information content (AvgIpc) is 2.85. The van der Waals surface area contributed by atoms with Crippen molar-refractivity contribution in [1.29, 1.82) is 0 Å². The van der Waals surface area contributed by atoms with Gasteiger partial charge in [-0.05, 0) is 38.1 Å². The molecule has 0 aromatic heterocycles. The summed E-state index contributed by atoms with van der Waals surface area (Å²) in [7, 11) is 0. The third kappa shape index (κ3) is 3.02. The molecule has 1 aliphatic heterocycles. The Kier molecular flexibility index (Phi) is 4.81. The Hall–Kier alpha value is -1.62. The van der Waals surface area contributed by atoms with Crippen molar-refractivity contribution in [3.63, 3.8) is 0 Å². The van der Waals surface area contributed by atoms with E-state index in [9.17, 15) is 9.90 Å². The van der Waals surface area contributed by atoms with Crippen LogP contribution >= 0.6 is 35.0 Å². The largest absolute Gasteiger partial charge is 0.507 e. The van der Waals surface area contributed by atoms with Gasteiger partial charge in [0.05, 0.1) is 15.7 Å². The van der Waals surface area contributed by atoms with Gasteiger partial charge in [-0.2, -0.15) is 0 Å². The summed E-state index contributed by atoms with van der Waals surface area (Å²) in [5.74, 6) is 0.125. The smallest absolute Gasteiger partial charge is 0.155 e. The molecule has 0 saturated carbocycles. The van der Waals surface area contributed by atoms with Crippen molar-refractivity contribution in [3.8, 4) is 16.9 Å². The normalized spacial score (nSPS) is 15.0. The van der Waals surface area contributed by atoms with E-state index in [1.807, 2.05) is 17.9 Å². The topological polar surface area (TPSA) is 40.5 Å². The molecule has 0 bridgehead atoms. The fourth-order valence-electron chi connectivity index (χ4n) is 2.74. The highest BCUT2D eigenvalue weighted by molar-refractivity contribution is 8.03. The number of rotatable bonds is 3. The SMILES string of the molecule is CCN1/C(=C/C(C)=O)Sc2ccc(O)c(-c3ccc(Cl)cc3Cl)c21. The number of nitrogens with zero attached hydrogens (tertiary/aromatic N) is 1. The second kappa shape index (κ2) is 6.71. The number of benzene rings is 2. The van der Waals surface area contributed by atoms with Crippen LogP contribution in [-0.2, 0) is 4.79 Å². The minimum absolute atomic E-state index is 0.0148. The number of fused-ring (bicyclic) bond motifs is 1. The maximum absolute atomic E-state index is 11.5. The van der Waals surface area contributed by atoms with Crippen LogP contribution in [-0.4, -0.2) is 17.4 Å². The highest BCUT2D eigenvalue weighted by atomic mass is 35.5. The summed E-state index contributed by atoms with van der Waals surface area (Å²) < 4.78 is 0. The first-order valence-electron chi connectivity index (χ1n) is 7.41. The zero-order chi connectivity index (χ0) is 17.4. The number of ketones is 1. The Morgan fingerprint density at radius 2 is 2.04 bits per heavy atom. The van der Waals surface area contributed by atoms with Crippen LogP contribution in [0.1, 0.15) is 13.8 Å². The van der Waals surface area contributed by atoms with Gasteiger partial charge in [0.2, 0.25) is 0 Å². The van der Waals surface area contributed by atoms with Crippen LogP contribution < -0.4 is 4.90 Å². The number of allylic oxidation sites excluding steroid dienone is 1. The minimum atomic E-state index is -0.0148. The van der Waals surface area contributed by atoms with E-state index < -0.39 is 0 Å². The molecule has 6 heteroatoms. The summed E-state index contributed by atoms with van der Waals surface area (Å²) in [6.45, 7) is 4.19. The predicted molar refractivity (Wildman–Crippen MR) is 101 cm³/mol. The number of halogens is 2. The number of hydrogen-bond donors (Lipinski definition) is 1. The summed E-state index contributed by atoms with van der Waals surface area (Å²) in [6, 6.07) is 8.70. The Morgan fingerprint density at radius 3 is 2.67 bits per heavy atom. The van der Waals surface area contributed by atoms with Crippen LogP contribution in [0.3, 0.4) is 0 Å². The first kappa shape index (κ1) is 17.2. The molecule has 0 radical (unpaired) electrons. The summed E-state index contributed by atoms with van der Waals surface area (Å²) in [5, 5.41) is 12.3. The molecular formula is C18H15Cl2NO2S. The number of phenolic OH excluding ortho intramolecular Hbond substituents is 1. The van der Waals surface area contributed by atoms with E-state index in [4.69, 9.17) is 23.2 Å². The molecule has 1 heterocycles. The summed E-state index contributed by atoms with van der Waals surface area (Å²) >= 11 is 13.9. The van der Waals surface area contributed by atoms with Gasteiger partial charge in [-0.15, -0.1) is 0 Å². The van der Waals surface area contributed by atoms with E-state index in [0.29, 0.717) is 27.7 Å². The number of hydrogen-bond acceptors (Lipinski definition) is 4. The molecule has 3 nitrogen and oxygen atoms in total. The Morgan fingerprint density at radius 1 is 1.29 bits per heavy atom. The molecule has 0 aliphatic carbocycles. The third-order valence-corrected chi connectivity index (χ3v) is 5.36. The lowest BCUT2D eigenvalue weighted by atomic mass is 10.0. The maximum atomic E-state index is 11.5. The summed E-state index contributed by atoms with van der Waals surface area (Å²) in [6.07, 6.45) is 1.61. The fraction of sp³-hybridized carbons (Fsp3) is 0.167. The van der Waals surface area contributed by atoms with Crippen molar-refractivity contribution >= 4 is 46.4 Å².